The molecule has 9 nitrogen and oxygen atoms in total. The first kappa shape index (κ1) is 23.3. The minimum absolute atomic E-state index is 0.351. The van der Waals surface area contributed by atoms with Crippen molar-refractivity contribution in [2.45, 2.75) is 20.8 Å². The maximum Gasteiger partial charge on any atom is 0.231 e. The van der Waals surface area contributed by atoms with Gasteiger partial charge in [-0.1, -0.05) is 20.8 Å². The molecule has 3 unspecified atom stereocenters. The number of anilines is 3. The summed E-state index contributed by atoms with van der Waals surface area (Å²) in [6.45, 7) is 10.6. The predicted molar refractivity (Wildman–Crippen MR) is 114 cm³/mol. The molecule has 3 atom stereocenters. The van der Waals surface area contributed by atoms with Gasteiger partial charge in [0.2, 0.25) is 17.8 Å². The Morgan fingerprint density at radius 2 is 0.815 bits per heavy atom. The monoisotopic (exact) mass is 381 g/mol. The van der Waals surface area contributed by atoms with Gasteiger partial charge >= 0.3 is 0 Å². The Morgan fingerprint density at radius 3 is 1.00 bits per heavy atom. The zero-order chi connectivity index (χ0) is 20.6. The fourth-order valence-electron chi connectivity index (χ4n) is 2.73. The lowest BCUT2D eigenvalue weighted by molar-refractivity contribution is 0.570. The van der Waals surface area contributed by atoms with Crippen molar-refractivity contribution in [3.8, 4) is 0 Å². The molecular formula is C18H39N9. The average molecular weight is 382 g/mol. The third kappa shape index (κ3) is 7.43. The largest absolute Gasteiger partial charge is 0.343 e. The first-order chi connectivity index (χ1) is 12.7. The average Bonchev–Trinajstić information content (AvgIpc) is 2.66. The molecule has 0 aliphatic heterocycles. The summed E-state index contributed by atoms with van der Waals surface area (Å²) in [5.74, 6) is 3.00. The third-order valence-corrected chi connectivity index (χ3v) is 4.59. The number of nitrogens with two attached hydrogens (primary N) is 3. The quantitative estimate of drug-likeness (QED) is 0.457. The summed E-state index contributed by atoms with van der Waals surface area (Å²) in [6.07, 6.45) is 0. The summed E-state index contributed by atoms with van der Waals surface area (Å²) < 4.78 is 0. The summed E-state index contributed by atoms with van der Waals surface area (Å²) in [4.78, 5) is 20.2. The van der Waals surface area contributed by atoms with Crippen molar-refractivity contribution in [3.05, 3.63) is 0 Å². The molecule has 0 saturated carbocycles. The molecule has 0 spiro atoms. The van der Waals surface area contributed by atoms with Gasteiger partial charge in [-0.3, -0.25) is 0 Å². The van der Waals surface area contributed by atoms with E-state index in [1.165, 1.54) is 0 Å². The first-order valence-corrected chi connectivity index (χ1v) is 9.71. The SMILES string of the molecule is CC(CN)CN(C)c1nc(N(C)CC(C)CN)nc(N(C)CC(C)CN)n1. The lowest BCUT2D eigenvalue weighted by atomic mass is 10.2. The molecule has 0 bridgehead atoms. The van der Waals surface area contributed by atoms with E-state index < -0.39 is 0 Å². The molecule has 0 fully saturated rings. The molecule has 1 aromatic heterocycles. The molecule has 9 heteroatoms. The van der Waals surface area contributed by atoms with Crippen LogP contribution in [0.5, 0.6) is 0 Å². The molecule has 0 amide bonds. The van der Waals surface area contributed by atoms with Crippen LogP contribution in [0.15, 0.2) is 0 Å². The molecule has 1 aromatic rings. The number of hydrogen-bond donors (Lipinski definition) is 3. The predicted octanol–water partition coefficient (Wildman–Crippen LogP) is -0.0354. The van der Waals surface area contributed by atoms with Gasteiger partial charge in [0.25, 0.3) is 0 Å². The molecule has 6 N–H and O–H groups in total. The Hall–Kier alpha value is -1.71. The fourth-order valence-corrected chi connectivity index (χ4v) is 2.73. The topological polar surface area (TPSA) is 126 Å². The minimum atomic E-state index is 0.351. The van der Waals surface area contributed by atoms with Crippen molar-refractivity contribution >= 4 is 17.8 Å². The van der Waals surface area contributed by atoms with Gasteiger partial charge in [-0.25, -0.2) is 0 Å². The van der Waals surface area contributed by atoms with Gasteiger partial charge in [0.1, 0.15) is 0 Å². The van der Waals surface area contributed by atoms with Gasteiger partial charge in [-0.2, -0.15) is 15.0 Å². The van der Waals surface area contributed by atoms with E-state index in [0.29, 0.717) is 55.2 Å². The number of hydrogen-bond acceptors (Lipinski definition) is 9. The highest BCUT2D eigenvalue weighted by molar-refractivity contribution is 5.45. The van der Waals surface area contributed by atoms with Crippen molar-refractivity contribution in [3.63, 3.8) is 0 Å². The molecule has 156 valence electrons. The maximum atomic E-state index is 5.77. The summed E-state index contributed by atoms with van der Waals surface area (Å²) in [5.41, 5.74) is 17.3. The second kappa shape index (κ2) is 11.2. The van der Waals surface area contributed by atoms with E-state index in [1.54, 1.807) is 0 Å². The molecule has 27 heavy (non-hydrogen) atoms. The highest BCUT2D eigenvalue weighted by atomic mass is 15.4. The van der Waals surface area contributed by atoms with Gasteiger partial charge < -0.3 is 31.9 Å². The van der Waals surface area contributed by atoms with Crippen LogP contribution in [0.3, 0.4) is 0 Å². The number of aromatic nitrogens is 3. The lowest BCUT2D eigenvalue weighted by Gasteiger charge is -2.27. The second-order valence-corrected chi connectivity index (χ2v) is 7.90. The molecule has 0 aromatic carbocycles. The van der Waals surface area contributed by atoms with Crippen LogP contribution in [-0.4, -0.2) is 75.4 Å². The van der Waals surface area contributed by atoms with Gasteiger partial charge in [0, 0.05) is 40.8 Å². The highest BCUT2D eigenvalue weighted by Gasteiger charge is 2.18. The van der Waals surface area contributed by atoms with Crippen molar-refractivity contribution in [1.82, 2.24) is 15.0 Å². The smallest absolute Gasteiger partial charge is 0.231 e. The van der Waals surface area contributed by atoms with Crippen molar-refractivity contribution < 1.29 is 0 Å². The van der Waals surface area contributed by atoms with E-state index in [1.807, 2.05) is 35.8 Å². The summed E-state index contributed by atoms with van der Waals surface area (Å²) in [7, 11) is 5.96. The van der Waals surface area contributed by atoms with Crippen LogP contribution in [0.2, 0.25) is 0 Å². The Labute approximate surface area is 164 Å². The van der Waals surface area contributed by atoms with Crippen molar-refractivity contribution in [2.75, 3.05) is 75.1 Å². The molecular weight excluding hydrogens is 342 g/mol. The molecule has 0 aliphatic rings. The molecule has 1 heterocycles. The van der Waals surface area contributed by atoms with Crippen molar-refractivity contribution in [1.29, 1.82) is 0 Å². The summed E-state index contributed by atoms with van der Waals surface area (Å²) >= 11 is 0. The van der Waals surface area contributed by atoms with E-state index >= 15 is 0 Å². The standard InChI is InChI=1S/C18H39N9/c1-13(7-19)10-25(4)16-22-17(26(5)11-14(2)8-20)24-18(23-16)27(6)12-15(3)9-21/h13-15H,7-12,19-21H2,1-6H3. The molecule has 0 aliphatic carbocycles. The van der Waals surface area contributed by atoms with Gasteiger partial charge in [-0.05, 0) is 37.4 Å². The number of rotatable bonds is 12. The third-order valence-electron chi connectivity index (χ3n) is 4.59. The maximum absolute atomic E-state index is 5.77. The minimum Gasteiger partial charge on any atom is -0.343 e. The van der Waals surface area contributed by atoms with Gasteiger partial charge in [-0.15, -0.1) is 0 Å². The zero-order valence-corrected chi connectivity index (χ0v) is 17.9. The van der Waals surface area contributed by atoms with E-state index in [-0.39, 0.29) is 0 Å². The number of nitrogens with zero attached hydrogens (tertiary/aromatic N) is 6. The zero-order valence-electron chi connectivity index (χ0n) is 17.9. The van der Waals surface area contributed by atoms with E-state index in [4.69, 9.17) is 17.2 Å². The summed E-state index contributed by atoms with van der Waals surface area (Å²) in [6, 6.07) is 0. The second-order valence-electron chi connectivity index (χ2n) is 7.90. The van der Waals surface area contributed by atoms with Gasteiger partial charge in [0.05, 0.1) is 0 Å². The first-order valence-electron chi connectivity index (χ1n) is 9.71. The van der Waals surface area contributed by atoms with E-state index in [0.717, 1.165) is 19.6 Å². The normalized spacial score (nSPS) is 14.6. The van der Waals surface area contributed by atoms with Crippen LogP contribution in [0, 0.1) is 17.8 Å². The Bertz CT molecular complexity index is 465. The van der Waals surface area contributed by atoms with Crippen LogP contribution in [0.25, 0.3) is 0 Å². The van der Waals surface area contributed by atoms with Crippen LogP contribution in [0.1, 0.15) is 20.8 Å². The fraction of sp³-hybridized carbons (Fsp3) is 0.833. The van der Waals surface area contributed by atoms with Crippen LogP contribution < -0.4 is 31.9 Å². The summed E-state index contributed by atoms with van der Waals surface area (Å²) in [5, 5.41) is 0. The Balaban J connectivity index is 3.17. The lowest BCUT2D eigenvalue weighted by Crippen LogP contribution is -2.34. The Morgan fingerprint density at radius 1 is 0.593 bits per heavy atom. The molecule has 0 radical (unpaired) electrons. The van der Waals surface area contributed by atoms with Gasteiger partial charge in [0.15, 0.2) is 0 Å². The van der Waals surface area contributed by atoms with Crippen LogP contribution >= 0.6 is 0 Å². The molecule has 1 rings (SSSR count). The Kier molecular flexibility index (Phi) is 9.68. The van der Waals surface area contributed by atoms with Crippen molar-refractivity contribution in [2.24, 2.45) is 35.0 Å². The highest BCUT2D eigenvalue weighted by Crippen LogP contribution is 2.19. The van der Waals surface area contributed by atoms with Crippen LogP contribution in [-0.2, 0) is 0 Å². The molecule has 0 saturated heterocycles. The van der Waals surface area contributed by atoms with E-state index in [9.17, 15) is 0 Å². The van der Waals surface area contributed by atoms with Crippen LogP contribution in [0.4, 0.5) is 17.8 Å². The van der Waals surface area contributed by atoms with E-state index in [2.05, 4.69) is 35.7 Å².